The summed E-state index contributed by atoms with van der Waals surface area (Å²) in [4.78, 5) is -0.117. The van der Waals surface area contributed by atoms with Gasteiger partial charge in [-0.25, -0.2) is 8.42 Å². The van der Waals surface area contributed by atoms with Gasteiger partial charge in [0.1, 0.15) is 16.4 Å². The molecule has 0 atom stereocenters. The van der Waals surface area contributed by atoms with Crippen molar-refractivity contribution in [1.82, 2.24) is 0 Å². The van der Waals surface area contributed by atoms with E-state index in [9.17, 15) is 18.6 Å². The Morgan fingerprint density at radius 2 is 1.33 bits per heavy atom. The van der Waals surface area contributed by atoms with Crippen LogP contribution in [0.3, 0.4) is 0 Å². The number of hydrogen-bond donors (Lipinski definition) is 2. The minimum atomic E-state index is -3.90. The third-order valence-electron chi connectivity index (χ3n) is 3.47. The summed E-state index contributed by atoms with van der Waals surface area (Å²) in [5.41, 5.74) is 2.17. The molecule has 0 heterocycles. The Bertz CT molecular complexity index is 757. The maximum atomic E-state index is 12.8. The molecule has 112 valence electrons. The van der Waals surface area contributed by atoms with Crippen LogP contribution in [0.4, 0.5) is 0 Å². The van der Waals surface area contributed by atoms with Crippen molar-refractivity contribution in [2.75, 3.05) is 0 Å². The zero-order valence-electron chi connectivity index (χ0n) is 12.4. The summed E-state index contributed by atoms with van der Waals surface area (Å²) in [7, 11) is -3.90. The van der Waals surface area contributed by atoms with Crippen molar-refractivity contribution >= 4 is 9.84 Å². The van der Waals surface area contributed by atoms with Crippen LogP contribution in [0.2, 0.25) is 0 Å². The third-order valence-corrected chi connectivity index (χ3v) is 5.36. The molecule has 2 rings (SSSR count). The number of aromatic hydroxyl groups is 2. The van der Waals surface area contributed by atoms with Gasteiger partial charge in [-0.3, -0.25) is 0 Å². The van der Waals surface area contributed by atoms with E-state index in [1.807, 2.05) is 0 Å². The van der Waals surface area contributed by atoms with E-state index < -0.39 is 9.84 Å². The van der Waals surface area contributed by atoms with Crippen molar-refractivity contribution in [3.63, 3.8) is 0 Å². The maximum absolute atomic E-state index is 12.8. The highest BCUT2D eigenvalue weighted by Gasteiger charge is 2.26. The Kier molecular flexibility index (Phi) is 3.72. The molecule has 0 bridgehead atoms. The van der Waals surface area contributed by atoms with Crippen molar-refractivity contribution in [3.05, 3.63) is 46.5 Å². The van der Waals surface area contributed by atoms with Gasteiger partial charge in [0.2, 0.25) is 9.84 Å². The molecule has 4 nitrogen and oxygen atoms in total. The molecule has 2 aromatic rings. The summed E-state index contributed by atoms with van der Waals surface area (Å²) in [6.45, 7) is 6.68. The van der Waals surface area contributed by atoms with Crippen LogP contribution in [-0.4, -0.2) is 18.6 Å². The topological polar surface area (TPSA) is 74.6 Å². The van der Waals surface area contributed by atoms with Crippen LogP contribution in [-0.2, 0) is 9.84 Å². The molecular weight excluding hydrogens is 288 g/mol. The zero-order chi connectivity index (χ0) is 15.9. The summed E-state index contributed by atoms with van der Waals surface area (Å²) in [6.07, 6.45) is 0. The lowest BCUT2D eigenvalue weighted by molar-refractivity contribution is 0.453. The predicted octanol–water partition coefficient (Wildman–Crippen LogP) is 3.16. The molecule has 0 unspecified atom stereocenters. The smallest absolute Gasteiger partial charge is 0.210 e. The first-order chi connectivity index (χ1) is 9.64. The van der Waals surface area contributed by atoms with Crippen LogP contribution in [0.15, 0.2) is 34.1 Å². The van der Waals surface area contributed by atoms with E-state index >= 15 is 0 Å². The van der Waals surface area contributed by atoms with E-state index in [0.717, 1.165) is 5.56 Å². The van der Waals surface area contributed by atoms with Gasteiger partial charge >= 0.3 is 0 Å². The Morgan fingerprint density at radius 1 is 0.810 bits per heavy atom. The van der Waals surface area contributed by atoms with Crippen molar-refractivity contribution in [1.29, 1.82) is 0 Å². The minimum absolute atomic E-state index is 0.0142. The fourth-order valence-electron chi connectivity index (χ4n) is 2.33. The Morgan fingerprint density at radius 3 is 1.95 bits per heavy atom. The number of benzene rings is 2. The summed E-state index contributed by atoms with van der Waals surface area (Å²) in [5.74, 6) is -0.321. The highest BCUT2D eigenvalue weighted by molar-refractivity contribution is 7.91. The lowest BCUT2D eigenvalue weighted by atomic mass is 10.1. The SMILES string of the molecule is Cc1cc(O)c(C)c(S(=O)(=O)c2cc(C)cc(C)c2O)c1. The predicted molar refractivity (Wildman–Crippen MR) is 80.6 cm³/mol. The summed E-state index contributed by atoms with van der Waals surface area (Å²) >= 11 is 0. The largest absolute Gasteiger partial charge is 0.508 e. The number of aryl methyl sites for hydroxylation is 3. The molecule has 0 radical (unpaired) electrons. The minimum Gasteiger partial charge on any atom is -0.508 e. The van der Waals surface area contributed by atoms with Crippen molar-refractivity contribution in [3.8, 4) is 11.5 Å². The van der Waals surface area contributed by atoms with Crippen LogP contribution in [0.5, 0.6) is 11.5 Å². The molecular formula is C16H18O4S. The number of phenolic OH excluding ortho intramolecular Hbond substituents is 2. The van der Waals surface area contributed by atoms with Gasteiger partial charge in [0, 0.05) is 5.56 Å². The lowest BCUT2D eigenvalue weighted by Gasteiger charge is -2.13. The molecule has 0 aliphatic heterocycles. The van der Waals surface area contributed by atoms with Gasteiger partial charge in [-0.2, -0.15) is 0 Å². The molecule has 2 aromatic carbocycles. The van der Waals surface area contributed by atoms with E-state index in [2.05, 4.69) is 0 Å². The van der Waals surface area contributed by atoms with Crippen molar-refractivity contribution < 1.29 is 18.6 Å². The molecule has 0 amide bonds. The molecule has 0 aliphatic carbocycles. The molecule has 2 N–H and O–H groups in total. The summed E-state index contributed by atoms with van der Waals surface area (Å²) < 4.78 is 25.6. The van der Waals surface area contributed by atoms with Gasteiger partial charge in [-0.1, -0.05) is 6.07 Å². The summed E-state index contributed by atoms with van der Waals surface area (Å²) in [6, 6.07) is 6.17. The molecule has 21 heavy (non-hydrogen) atoms. The molecule has 0 saturated carbocycles. The van der Waals surface area contributed by atoms with Crippen molar-refractivity contribution in [2.24, 2.45) is 0 Å². The lowest BCUT2D eigenvalue weighted by Crippen LogP contribution is -2.06. The van der Waals surface area contributed by atoms with E-state index in [1.165, 1.54) is 18.2 Å². The van der Waals surface area contributed by atoms with Crippen molar-refractivity contribution in [2.45, 2.75) is 37.5 Å². The first-order valence-corrected chi connectivity index (χ1v) is 7.98. The number of sulfone groups is 1. The first-order valence-electron chi connectivity index (χ1n) is 6.50. The quantitative estimate of drug-likeness (QED) is 0.893. The van der Waals surface area contributed by atoms with Gasteiger partial charge in [-0.05, 0) is 62.6 Å². The zero-order valence-corrected chi connectivity index (χ0v) is 13.2. The van der Waals surface area contributed by atoms with Gasteiger partial charge < -0.3 is 10.2 Å². The Labute approximate surface area is 124 Å². The summed E-state index contributed by atoms with van der Waals surface area (Å²) in [5, 5.41) is 19.9. The van der Waals surface area contributed by atoms with Gasteiger partial charge in [0.05, 0.1) is 4.90 Å². The van der Waals surface area contributed by atoms with E-state index in [0.29, 0.717) is 11.1 Å². The molecule has 0 spiro atoms. The second-order valence-corrected chi connectivity index (χ2v) is 7.23. The van der Waals surface area contributed by atoms with Crippen LogP contribution in [0.25, 0.3) is 0 Å². The van der Waals surface area contributed by atoms with Crippen LogP contribution in [0.1, 0.15) is 22.3 Å². The van der Waals surface area contributed by atoms with Gasteiger partial charge in [-0.15, -0.1) is 0 Å². The standard InChI is InChI=1S/C16H18O4S/c1-9-5-11(3)16(18)15(8-9)21(19,20)14-7-10(2)6-13(17)12(14)4/h5-8,17-18H,1-4H3. The third kappa shape index (κ3) is 2.61. The molecule has 0 fully saturated rings. The fraction of sp³-hybridized carbons (Fsp3) is 0.250. The average molecular weight is 306 g/mol. The highest BCUT2D eigenvalue weighted by Crippen LogP contribution is 2.36. The van der Waals surface area contributed by atoms with E-state index in [4.69, 9.17) is 0 Å². The monoisotopic (exact) mass is 306 g/mol. The number of rotatable bonds is 2. The van der Waals surface area contributed by atoms with Crippen LogP contribution < -0.4 is 0 Å². The fourth-order valence-corrected chi connectivity index (χ4v) is 4.17. The molecule has 0 saturated heterocycles. The second kappa shape index (κ2) is 5.07. The number of hydrogen-bond acceptors (Lipinski definition) is 4. The van der Waals surface area contributed by atoms with Gasteiger partial charge in [0.15, 0.2) is 0 Å². The van der Waals surface area contributed by atoms with Crippen LogP contribution in [0, 0.1) is 27.7 Å². The van der Waals surface area contributed by atoms with Gasteiger partial charge in [0.25, 0.3) is 0 Å². The Balaban J connectivity index is 2.81. The molecule has 0 aromatic heterocycles. The number of phenols is 2. The van der Waals surface area contributed by atoms with E-state index in [-0.39, 0.29) is 26.9 Å². The second-order valence-electron chi connectivity index (χ2n) is 5.34. The normalized spacial score (nSPS) is 11.6. The van der Waals surface area contributed by atoms with E-state index in [1.54, 1.807) is 33.8 Å². The molecule has 0 aliphatic rings. The first kappa shape index (κ1) is 15.4. The van der Waals surface area contributed by atoms with Crippen LogP contribution >= 0.6 is 0 Å². The average Bonchev–Trinajstić information content (AvgIpc) is 2.37. The highest BCUT2D eigenvalue weighted by atomic mass is 32.2. The maximum Gasteiger partial charge on any atom is 0.210 e. The Hall–Kier alpha value is -2.01. The molecule has 5 heteroatoms.